The molecule has 0 rings (SSSR count). The summed E-state index contributed by atoms with van der Waals surface area (Å²) >= 11 is 0. The second-order valence-corrected chi connectivity index (χ2v) is 3.18. The number of hydrogen-bond donors (Lipinski definition) is 2. The van der Waals surface area contributed by atoms with E-state index in [1.807, 2.05) is 25.4 Å². The van der Waals surface area contributed by atoms with Crippen LogP contribution in [0, 0.1) is 0 Å². The Morgan fingerprint density at radius 1 is 1.29 bits per heavy atom. The van der Waals surface area contributed by atoms with Crippen molar-refractivity contribution in [3.05, 3.63) is 24.4 Å². The second kappa shape index (κ2) is 10.3. The van der Waals surface area contributed by atoms with Crippen LogP contribution in [0.5, 0.6) is 0 Å². The zero-order valence-electron chi connectivity index (χ0n) is 9.59. The Hall–Kier alpha value is -0.800. The van der Waals surface area contributed by atoms with Crippen molar-refractivity contribution in [3.63, 3.8) is 0 Å². The van der Waals surface area contributed by atoms with E-state index in [9.17, 15) is 0 Å². The van der Waals surface area contributed by atoms with Gasteiger partial charge in [-0.05, 0) is 25.9 Å². The molecule has 0 spiro atoms. The van der Waals surface area contributed by atoms with Gasteiger partial charge in [0.05, 0.1) is 0 Å². The van der Waals surface area contributed by atoms with Crippen molar-refractivity contribution < 1.29 is 0 Å². The molecule has 0 bridgehead atoms. The monoisotopic (exact) mass is 197 g/mol. The van der Waals surface area contributed by atoms with Gasteiger partial charge >= 0.3 is 0 Å². The molecule has 0 amide bonds. The largest absolute Gasteiger partial charge is 0.394 e. The van der Waals surface area contributed by atoms with Gasteiger partial charge in [-0.1, -0.05) is 19.1 Å². The van der Waals surface area contributed by atoms with E-state index in [2.05, 4.69) is 35.6 Å². The molecule has 0 aliphatic carbocycles. The Balaban J connectivity index is 3.20. The molecule has 0 saturated carbocycles. The maximum absolute atomic E-state index is 3.34. The third kappa shape index (κ3) is 9.29. The Morgan fingerprint density at radius 2 is 2.07 bits per heavy atom. The molecule has 3 nitrogen and oxygen atoms in total. The first-order chi connectivity index (χ1) is 6.81. The first-order valence-electron chi connectivity index (χ1n) is 5.19. The van der Waals surface area contributed by atoms with Crippen molar-refractivity contribution in [2.24, 2.45) is 0 Å². The molecule has 0 heterocycles. The maximum atomic E-state index is 3.34. The molecule has 0 aromatic rings. The fourth-order valence-electron chi connectivity index (χ4n) is 0.912. The van der Waals surface area contributed by atoms with Gasteiger partial charge in [-0.3, -0.25) is 0 Å². The highest BCUT2D eigenvalue weighted by Gasteiger charge is 1.90. The van der Waals surface area contributed by atoms with E-state index in [-0.39, 0.29) is 0 Å². The van der Waals surface area contributed by atoms with E-state index in [0.29, 0.717) is 0 Å². The van der Waals surface area contributed by atoms with Crippen LogP contribution in [0.3, 0.4) is 0 Å². The van der Waals surface area contributed by atoms with E-state index >= 15 is 0 Å². The Labute approximate surface area is 87.9 Å². The molecule has 0 unspecified atom stereocenters. The summed E-state index contributed by atoms with van der Waals surface area (Å²) in [7, 11) is 4.02. The van der Waals surface area contributed by atoms with Gasteiger partial charge in [0.15, 0.2) is 0 Å². The van der Waals surface area contributed by atoms with Crippen molar-refractivity contribution in [1.29, 1.82) is 0 Å². The van der Waals surface area contributed by atoms with Crippen molar-refractivity contribution in [1.82, 2.24) is 15.5 Å². The van der Waals surface area contributed by atoms with Crippen LogP contribution in [-0.4, -0.2) is 45.2 Å². The van der Waals surface area contributed by atoms with E-state index < -0.39 is 0 Å². The van der Waals surface area contributed by atoms with Crippen molar-refractivity contribution in [3.8, 4) is 0 Å². The van der Waals surface area contributed by atoms with E-state index in [1.165, 1.54) is 0 Å². The quantitative estimate of drug-likeness (QED) is 0.445. The van der Waals surface area contributed by atoms with Crippen LogP contribution in [0.15, 0.2) is 24.4 Å². The van der Waals surface area contributed by atoms with Crippen LogP contribution >= 0.6 is 0 Å². The topological polar surface area (TPSA) is 27.3 Å². The minimum absolute atomic E-state index is 0.936. The standard InChI is InChI=1S/C11H23N3/c1-4-14(3)11-10-13-9-7-5-6-8-12-2/h5-8,12-13H,4,9-11H2,1-3H3/b7-5-,8-6-. The normalized spacial score (nSPS) is 12.0. The molecule has 0 aromatic carbocycles. The predicted octanol–water partition coefficient (Wildman–Crippen LogP) is 0.817. The van der Waals surface area contributed by atoms with E-state index in [0.717, 1.165) is 26.2 Å². The maximum Gasteiger partial charge on any atom is 0.0138 e. The fourth-order valence-corrected chi connectivity index (χ4v) is 0.912. The molecule has 0 aromatic heterocycles. The van der Waals surface area contributed by atoms with Gasteiger partial charge in [0.25, 0.3) is 0 Å². The predicted molar refractivity (Wildman–Crippen MR) is 63.4 cm³/mol. The Bertz CT molecular complexity index is 164. The van der Waals surface area contributed by atoms with E-state index in [1.54, 1.807) is 0 Å². The fraction of sp³-hybridized carbons (Fsp3) is 0.636. The highest BCUT2D eigenvalue weighted by atomic mass is 15.1. The number of nitrogens with one attached hydrogen (secondary N) is 2. The van der Waals surface area contributed by atoms with Crippen LogP contribution in [0.4, 0.5) is 0 Å². The van der Waals surface area contributed by atoms with Gasteiger partial charge in [-0.2, -0.15) is 0 Å². The van der Waals surface area contributed by atoms with Crippen molar-refractivity contribution in [2.75, 3.05) is 40.3 Å². The molecular formula is C11H23N3. The van der Waals surface area contributed by atoms with Gasteiger partial charge in [-0.25, -0.2) is 0 Å². The lowest BCUT2D eigenvalue weighted by Crippen LogP contribution is -2.29. The zero-order chi connectivity index (χ0) is 10.6. The highest BCUT2D eigenvalue weighted by Crippen LogP contribution is 1.78. The molecular weight excluding hydrogens is 174 g/mol. The summed E-state index contributed by atoms with van der Waals surface area (Å²) < 4.78 is 0. The molecule has 0 radical (unpaired) electrons. The van der Waals surface area contributed by atoms with Gasteiger partial charge in [0, 0.05) is 26.7 Å². The van der Waals surface area contributed by atoms with Crippen LogP contribution in [0.2, 0.25) is 0 Å². The lowest BCUT2D eigenvalue weighted by Gasteiger charge is -2.13. The number of nitrogens with zero attached hydrogens (tertiary/aromatic N) is 1. The molecule has 2 N–H and O–H groups in total. The molecule has 0 aliphatic rings. The van der Waals surface area contributed by atoms with E-state index in [4.69, 9.17) is 0 Å². The number of hydrogen-bond acceptors (Lipinski definition) is 3. The van der Waals surface area contributed by atoms with Crippen LogP contribution in [0.1, 0.15) is 6.92 Å². The van der Waals surface area contributed by atoms with Gasteiger partial charge in [-0.15, -0.1) is 0 Å². The number of likely N-dealkylation sites (N-methyl/N-ethyl adjacent to an activating group) is 1. The lowest BCUT2D eigenvalue weighted by atomic mass is 10.4. The Kier molecular flexibility index (Phi) is 9.69. The van der Waals surface area contributed by atoms with Gasteiger partial charge in [0.2, 0.25) is 0 Å². The minimum Gasteiger partial charge on any atom is -0.394 e. The summed E-state index contributed by atoms with van der Waals surface area (Å²) in [6, 6.07) is 0. The first-order valence-corrected chi connectivity index (χ1v) is 5.19. The van der Waals surface area contributed by atoms with Crippen molar-refractivity contribution in [2.45, 2.75) is 6.92 Å². The third-order valence-corrected chi connectivity index (χ3v) is 1.98. The smallest absolute Gasteiger partial charge is 0.0138 e. The molecule has 82 valence electrons. The summed E-state index contributed by atoms with van der Waals surface area (Å²) in [6.45, 7) is 6.37. The van der Waals surface area contributed by atoms with Crippen LogP contribution < -0.4 is 10.6 Å². The summed E-state index contributed by atoms with van der Waals surface area (Å²) in [5.74, 6) is 0. The number of allylic oxidation sites excluding steroid dienone is 2. The Morgan fingerprint density at radius 3 is 2.71 bits per heavy atom. The zero-order valence-corrected chi connectivity index (χ0v) is 9.59. The van der Waals surface area contributed by atoms with Crippen molar-refractivity contribution >= 4 is 0 Å². The molecule has 0 saturated heterocycles. The lowest BCUT2D eigenvalue weighted by molar-refractivity contribution is 0.352. The summed E-state index contributed by atoms with van der Waals surface area (Å²) in [5, 5.41) is 6.28. The summed E-state index contributed by atoms with van der Waals surface area (Å²) in [4.78, 5) is 2.29. The second-order valence-electron chi connectivity index (χ2n) is 3.18. The highest BCUT2D eigenvalue weighted by molar-refractivity contribution is 5.01. The average Bonchev–Trinajstić information content (AvgIpc) is 2.21. The first kappa shape index (κ1) is 13.2. The molecule has 0 fully saturated rings. The summed E-state index contributed by atoms with van der Waals surface area (Å²) in [6.07, 6.45) is 8.04. The molecule has 0 atom stereocenters. The third-order valence-electron chi connectivity index (χ3n) is 1.98. The minimum atomic E-state index is 0.936. The molecule has 14 heavy (non-hydrogen) atoms. The van der Waals surface area contributed by atoms with Crippen LogP contribution in [-0.2, 0) is 0 Å². The molecule has 0 aliphatic heterocycles. The van der Waals surface area contributed by atoms with Crippen LogP contribution in [0.25, 0.3) is 0 Å². The average molecular weight is 197 g/mol. The van der Waals surface area contributed by atoms with Gasteiger partial charge < -0.3 is 15.5 Å². The molecule has 3 heteroatoms. The summed E-state index contributed by atoms with van der Waals surface area (Å²) in [5.41, 5.74) is 0. The van der Waals surface area contributed by atoms with Gasteiger partial charge in [0.1, 0.15) is 0 Å². The number of rotatable bonds is 8. The SMILES string of the molecule is CCN(C)CCNC/C=C\C=C/NC.